The zero-order valence-electron chi connectivity index (χ0n) is 17.1. The molecule has 5 nitrogen and oxygen atoms in total. The van der Waals surface area contributed by atoms with Crippen LogP contribution in [0, 0.1) is 0 Å². The molecule has 1 N–H and O–H groups in total. The minimum atomic E-state index is -0.000883. The summed E-state index contributed by atoms with van der Waals surface area (Å²) in [6.07, 6.45) is 8.81. The second-order valence-electron chi connectivity index (χ2n) is 8.84. The fourth-order valence-electron chi connectivity index (χ4n) is 5.27. The number of rotatable bonds is 4. The number of H-pyrrole nitrogens is 1. The molecule has 5 rings (SSSR count). The van der Waals surface area contributed by atoms with Gasteiger partial charge in [0.05, 0.1) is 12.2 Å². The Morgan fingerprint density at radius 3 is 2.55 bits per heavy atom. The van der Waals surface area contributed by atoms with Crippen molar-refractivity contribution < 1.29 is 4.74 Å². The Bertz CT molecular complexity index is 869. The highest BCUT2D eigenvalue weighted by atomic mass is 16.5. The Morgan fingerprint density at radius 1 is 0.966 bits per heavy atom. The van der Waals surface area contributed by atoms with Gasteiger partial charge in [-0.3, -0.25) is 4.79 Å². The van der Waals surface area contributed by atoms with Gasteiger partial charge in [0, 0.05) is 43.5 Å². The fourth-order valence-corrected chi connectivity index (χ4v) is 5.27. The third-order valence-corrected chi connectivity index (χ3v) is 6.72. The highest BCUT2D eigenvalue weighted by Crippen LogP contribution is 2.31. The smallest absolute Gasteiger partial charge is 0.251 e. The highest BCUT2D eigenvalue weighted by Gasteiger charge is 2.34. The van der Waals surface area contributed by atoms with E-state index in [1.807, 2.05) is 0 Å². The van der Waals surface area contributed by atoms with Crippen molar-refractivity contribution >= 4 is 11.5 Å². The molecule has 1 aromatic heterocycles. The number of anilines is 2. The van der Waals surface area contributed by atoms with Crippen molar-refractivity contribution in [2.45, 2.75) is 63.2 Å². The zero-order chi connectivity index (χ0) is 19.6. The standard InChI is InChI=1S/C24H31N3O2/c28-24-15-20(26-16-21-10-11-22(17-26)29-21)14-23(25-24)27-12-6-2-5-9-19(27)13-18-7-3-1-4-8-18/h1,3-4,7-8,14-15,19,21-22H,2,5-6,9-13,16-17H2,(H,25,28)/t19-,21?,22?/m1/s1. The lowest BCUT2D eigenvalue weighted by atomic mass is 10.0. The van der Waals surface area contributed by atoms with Gasteiger partial charge in [-0.05, 0) is 37.7 Å². The lowest BCUT2D eigenvalue weighted by Gasteiger charge is -2.35. The molecule has 0 aliphatic carbocycles. The van der Waals surface area contributed by atoms with Crippen LogP contribution in [0.2, 0.25) is 0 Å². The van der Waals surface area contributed by atoms with Crippen LogP contribution in [0.5, 0.6) is 0 Å². The summed E-state index contributed by atoms with van der Waals surface area (Å²) >= 11 is 0. The number of fused-ring (bicyclic) bond motifs is 2. The second kappa shape index (κ2) is 8.23. The number of morpholine rings is 1. The minimum Gasteiger partial charge on any atom is -0.371 e. The quantitative estimate of drug-likeness (QED) is 0.860. The Kier molecular flexibility index (Phi) is 5.32. The van der Waals surface area contributed by atoms with E-state index < -0.39 is 0 Å². The van der Waals surface area contributed by atoms with Gasteiger partial charge in [-0.1, -0.05) is 43.2 Å². The molecule has 5 heteroatoms. The average Bonchev–Trinajstić information content (AvgIpc) is 2.92. The summed E-state index contributed by atoms with van der Waals surface area (Å²) in [5.41, 5.74) is 2.42. The first-order valence-corrected chi connectivity index (χ1v) is 11.2. The molecule has 0 amide bonds. The molecular weight excluding hydrogens is 362 g/mol. The van der Waals surface area contributed by atoms with Crippen LogP contribution in [0.1, 0.15) is 44.1 Å². The van der Waals surface area contributed by atoms with Crippen LogP contribution in [-0.4, -0.2) is 42.9 Å². The maximum atomic E-state index is 12.6. The van der Waals surface area contributed by atoms with E-state index in [9.17, 15) is 4.79 Å². The normalized spacial score (nSPS) is 27.1. The van der Waals surface area contributed by atoms with Gasteiger partial charge >= 0.3 is 0 Å². The summed E-state index contributed by atoms with van der Waals surface area (Å²) in [4.78, 5) is 20.6. The molecule has 0 radical (unpaired) electrons. The molecule has 3 aliphatic heterocycles. The predicted molar refractivity (Wildman–Crippen MR) is 117 cm³/mol. The summed E-state index contributed by atoms with van der Waals surface area (Å²) in [7, 11) is 0. The highest BCUT2D eigenvalue weighted by molar-refractivity contribution is 5.56. The molecule has 2 bridgehead atoms. The van der Waals surface area contributed by atoms with E-state index in [1.54, 1.807) is 6.07 Å². The lowest BCUT2D eigenvalue weighted by molar-refractivity contribution is 0.0305. The van der Waals surface area contributed by atoms with E-state index in [2.05, 4.69) is 51.2 Å². The Labute approximate surface area is 172 Å². The summed E-state index contributed by atoms with van der Waals surface area (Å²) in [6.45, 7) is 2.80. The molecule has 0 saturated carbocycles. The zero-order valence-corrected chi connectivity index (χ0v) is 17.1. The van der Waals surface area contributed by atoms with Gasteiger partial charge < -0.3 is 19.5 Å². The van der Waals surface area contributed by atoms with Crippen LogP contribution in [0.3, 0.4) is 0 Å². The van der Waals surface area contributed by atoms with Crippen molar-refractivity contribution in [1.29, 1.82) is 0 Å². The van der Waals surface area contributed by atoms with Crippen molar-refractivity contribution in [3.05, 3.63) is 58.4 Å². The molecule has 154 valence electrons. The number of hydrogen-bond donors (Lipinski definition) is 1. The number of aromatic nitrogens is 1. The van der Waals surface area contributed by atoms with Crippen LogP contribution in [0.4, 0.5) is 11.5 Å². The van der Waals surface area contributed by atoms with Gasteiger partial charge in [0.25, 0.3) is 5.56 Å². The van der Waals surface area contributed by atoms with Gasteiger partial charge in [0.15, 0.2) is 0 Å². The van der Waals surface area contributed by atoms with Crippen LogP contribution in [0.25, 0.3) is 0 Å². The molecular formula is C24H31N3O2. The minimum absolute atomic E-state index is 0.000883. The Morgan fingerprint density at radius 2 is 1.76 bits per heavy atom. The monoisotopic (exact) mass is 393 g/mol. The maximum Gasteiger partial charge on any atom is 0.251 e. The van der Waals surface area contributed by atoms with Crippen molar-refractivity contribution in [2.75, 3.05) is 29.4 Å². The van der Waals surface area contributed by atoms with E-state index in [-0.39, 0.29) is 5.56 Å². The Hall–Kier alpha value is -2.27. The lowest BCUT2D eigenvalue weighted by Crippen LogP contribution is -2.43. The van der Waals surface area contributed by atoms with Crippen molar-refractivity contribution in [3.8, 4) is 0 Å². The number of benzene rings is 1. The summed E-state index contributed by atoms with van der Waals surface area (Å²) in [5.74, 6) is 0.981. The first-order chi connectivity index (χ1) is 14.2. The van der Waals surface area contributed by atoms with Crippen LogP contribution in [0.15, 0.2) is 47.3 Å². The molecule has 0 spiro atoms. The number of hydrogen-bond acceptors (Lipinski definition) is 4. The topological polar surface area (TPSA) is 48.6 Å². The second-order valence-corrected chi connectivity index (χ2v) is 8.84. The summed E-state index contributed by atoms with van der Waals surface area (Å²) in [5, 5.41) is 0. The predicted octanol–water partition coefficient (Wildman–Crippen LogP) is 3.73. The van der Waals surface area contributed by atoms with Gasteiger partial charge in [0.2, 0.25) is 0 Å². The van der Waals surface area contributed by atoms with Crippen LogP contribution < -0.4 is 15.4 Å². The van der Waals surface area contributed by atoms with Crippen LogP contribution in [-0.2, 0) is 11.2 Å². The Balaban J connectivity index is 1.42. The van der Waals surface area contributed by atoms with Gasteiger partial charge in [-0.15, -0.1) is 0 Å². The van der Waals surface area contributed by atoms with E-state index in [4.69, 9.17) is 4.74 Å². The molecule has 2 aromatic rings. The molecule has 1 aromatic carbocycles. The molecule has 3 atom stereocenters. The first kappa shape index (κ1) is 18.7. The molecule has 2 unspecified atom stereocenters. The molecule has 4 heterocycles. The molecule has 3 fully saturated rings. The number of ether oxygens (including phenoxy) is 1. The van der Waals surface area contributed by atoms with E-state index >= 15 is 0 Å². The third kappa shape index (κ3) is 4.20. The number of nitrogens with one attached hydrogen (secondary N) is 1. The summed E-state index contributed by atoms with van der Waals surface area (Å²) < 4.78 is 5.99. The molecule has 3 aliphatic rings. The van der Waals surface area contributed by atoms with Gasteiger partial charge in [-0.25, -0.2) is 0 Å². The first-order valence-electron chi connectivity index (χ1n) is 11.2. The van der Waals surface area contributed by atoms with E-state index in [0.29, 0.717) is 18.2 Å². The third-order valence-electron chi connectivity index (χ3n) is 6.72. The molecule has 3 saturated heterocycles. The van der Waals surface area contributed by atoms with Gasteiger partial charge in [-0.2, -0.15) is 0 Å². The van der Waals surface area contributed by atoms with Crippen molar-refractivity contribution in [1.82, 2.24) is 4.98 Å². The average molecular weight is 394 g/mol. The fraction of sp³-hybridized carbons (Fsp3) is 0.542. The number of nitrogens with zero attached hydrogens (tertiary/aromatic N) is 2. The van der Waals surface area contributed by atoms with Crippen molar-refractivity contribution in [2.24, 2.45) is 0 Å². The molecule has 29 heavy (non-hydrogen) atoms. The number of aromatic amines is 1. The van der Waals surface area contributed by atoms with Crippen LogP contribution >= 0.6 is 0 Å². The van der Waals surface area contributed by atoms with E-state index in [0.717, 1.165) is 50.4 Å². The summed E-state index contributed by atoms with van der Waals surface area (Å²) in [6, 6.07) is 15.1. The SMILES string of the molecule is O=c1cc(N2CC3CCC(C2)O3)cc(N2CCCCC[C@@H]2Cc2ccccc2)[nH]1. The maximum absolute atomic E-state index is 12.6. The van der Waals surface area contributed by atoms with E-state index in [1.165, 1.54) is 31.2 Å². The number of pyridine rings is 1. The van der Waals surface area contributed by atoms with Crippen molar-refractivity contribution in [3.63, 3.8) is 0 Å². The largest absolute Gasteiger partial charge is 0.371 e. The van der Waals surface area contributed by atoms with Gasteiger partial charge in [0.1, 0.15) is 5.82 Å².